The molecule has 306 valence electrons. The van der Waals surface area contributed by atoms with Crippen LogP contribution >= 0.6 is 0 Å². The van der Waals surface area contributed by atoms with Gasteiger partial charge in [-0.15, -0.1) is 0 Å². The lowest BCUT2D eigenvalue weighted by Crippen LogP contribution is -2.55. The van der Waals surface area contributed by atoms with Gasteiger partial charge < -0.3 is 33.2 Å². The van der Waals surface area contributed by atoms with Crippen molar-refractivity contribution in [2.24, 2.45) is 5.92 Å². The van der Waals surface area contributed by atoms with Crippen LogP contribution in [0.25, 0.3) is 0 Å². The van der Waals surface area contributed by atoms with Gasteiger partial charge in [0.1, 0.15) is 0 Å². The predicted molar refractivity (Wildman–Crippen MR) is 211 cm³/mol. The Morgan fingerprint density at radius 1 is 0.879 bits per heavy atom. The molecule has 4 heterocycles. The number of halogens is 1. The topological polar surface area (TPSA) is 163 Å². The number of ether oxygens (including phenoxy) is 3. The van der Waals surface area contributed by atoms with Crippen LogP contribution in [0.4, 0.5) is 21.2 Å². The molecule has 4 aliphatic rings. The number of fused-ring (bicyclic) bond motifs is 2. The number of β-lactam (4-membered cyclic amide) rings is 2. The van der Waals surface area contributed by atoms with E-state index >= 15 is 8.90 Å². The molecule has 0 aliphatic carbocycles. The number of anilines is 3. The van der Waals surface area contributed by atoms with Crippen LogP contribution in [-0.4, -0.2) is 85.7 Å². The SMILES string of the molecule is CC(=O)OC1CC(=O)N1c1ccc(CN2C(=O)[C@@]3(O[C@@H](CC(=O)N(CCO)Cc4ccccc4)[C@H]([Si](C)(C)F)[C@H]3C)c3cc(N4C(=O)CC4OC(C)=O)ccc32)cc1. The lowest BCUT2D eigenvalue weighted by Gasteiger charge is -2.39. The fraction of sp³-hybridized carbons (Fsp3) is 0.429. The quantitative estimate of drug-likeness (QED) is 0.111. The molecular formula is C42H47FN4O10Si. The molecule has 3 aromatic carbocycles. The number of esters is 2. The smallest absolute Gasteiger partial charge is 0.304 e. The van der Waals surface area contributed by atoms with Crippen molar-refractivity contribution in [1.82, 2.24) is 4.90 Å². The average molecular weight is 815 g/mol. The Morgan fingerprint density at radius 2 is 1.47 bits per heavy atom. The first-order valence-electron chi connectivity index (χ1n) is 19.4. The Bertz CT molecular complexity index is 2130. The minimum Gasteiger partial charge on any atom is -0.441 e. The summed E-state index contributed by atoms with van der Waals surface area (Å²) in [4.78, 5) is 83.8. The van der Waals surface area contributed by atoms with Gasteiger partial charge in [0, 0.05) is 55.3 Å². The van der Waals surface area contributed by atoms with Gasteiger partial charge >= 0.3 is 11.9 Å². The molecule has 58 heavy (non-hydrogen) atoms. The van der Waals surface area contributed by atoms with E-state index in [-0.39, 0.29) is 63.2 Å². The summed E-state index contributed by atoms with van der Waals surface area (Å²) in [6, 6.07) is 21.2. The number of carbonyl (C=O) groups excluding carboxylic acids is 6. The maximum Gasteiger partial charge on any atom is 0.304 e. The summed E-state index contributed by atoms with van der Waals surface area (Å²) in [5, 5.41) is 9.88. The van der Waals surface area contributed by atoms with Gasteiger partial charge in [-0.25, -0.2) is 0 Å². The van der Waals surface area contributed by atoms with Crippen LogP contribution in [-0.2, 0) is 61.7 Å². The zero-order valence-electron chi connectivity index (χ0n) is 33.1. The number of aliphatic hydroxyl groups is 1. The minimum atomic E-state index is -3.69. The molecule has 3 fully saturated rings. The molecule has 0 saturated carbocycles. The first kappa shape index (κ1) is 40.7. The number of amides is 4. The van der Waals surface area contributed by atoms with Crippen molar-refractivity contribution in [2.45, 2.75) is 95.9 Å². The summed E-state index contributed by atoms with van der Waals surface area (Å²) < 4.78 is 34.2. The van der Waals surface area contributed by atoms with Crippen molar-refractivity contribution < 1.29 is 52.2 Å². The Morgan fingerprint density at radius 3 is 2.02 bits per heavy atom. The van der Waals surface area contributed by atoms with Gasteiger partial charge in [0.25, 0.3) is 5.91 Å². The Kier molecular flexibility index (Phi) is 11.0. The Labute approximate surface area is 336 Å². The first-order valence-corrected chi connectivity index (χ1v) is 22.3. The highest BCUT2D eigenvalue weighted by molar-refractivity contribution is 6.72. The molecule has 0 aromatic heterocycles. The standard InChI is InChI=1S/C42H47FN4O10Si/c1-25-40(58(4,5)43)34(20-35(51)44(17-18-48)23-28-9-7-6-8-10-28)57-42(25)32-19-31(47-37(53)22-39(47)56-27(3)50)15-16-33(32)45(41(42)54)24-29-11-13-30(14-12-29)46-36(52)21-38(46)55-26(2)49/h6-16,19,25,34,38-40,48H,17-18,20-24H2,1-5H3/t25-,34+,38?,39?,40-,42+/m1/s1. The minimum absolute atomic E-state index is 0.0123. The third-order valence-electron chi connectivity index (χ3n) is 11.5. The third-order valence-corrected chi connectivity index (χ3v) is 14.0. The molecule has 4 amide bonds. The van der Waals surface area contributed by atoms with E-state index in [4.69, 9.17) is 14.2 Å². The van der Waals surface area contributed by atoms with Crippen LogP contribution in [0.1, 0.15) is 56.7 Å². The molecule has 3 aromatic rings. The fourth-order valence-corrected chi connectivity index (χ4v) is 11.5. The molecule has 0 radical (unpaired) electrons. The zero-order valence-corrected chi connectivity index (χ0v) is 34.1. The van der Waals surface area contributed by atoms with Gasteiger partial charge in [0.2, 0.25) is 26.1 Å². The van der Waals surface area contributed by atoms with E-state index in [1.54, 1.807) is 54.3 Å². The Hall–Kier alpha value is -5.45. The molecule has 4 aliphatic heterocycles. The van der Waals surface area contributed by atoms with Gasteiger partial charge in [0.05, 0.1) is 44.2 Å². The highest BCUT2D eigenvalue weighted by atomic mass is 28.4. The second-order valence-electron chi connectivity index (χ2n) is 15.8. The van der Waals surface area contributed by atoms with Crippen LogP contribution in [0.15, 0.2) is 72.8 Å². The van der Waals surface area contributed by atoms with E-state index in [0.717, 1.165) is 5.56 Å². The highest BCUT2D eigenvalue weighted by Gasteiger charge is 2.67. The summed E-state index contributed by atoms with van der Waals surface area (Å²) in [6.45, 7) is 7.40. The summed E-state index contributed by atoms with van der Waals surface area (Å²) in [7, 11) is -3.69. The van der Waals surface area contributed by atoms with Crippen molar-refractivity contribution in [1.29, 1.82) is 0 Å². The second kappa shape index (κ2) is 15.7. The maximum atomic E-state index is 16.7. The fourth-order valence-electron chi connectivity index (χ4n) is 8.97. The van der Waals surface area contributed by atoms with Crippen molar-refractivity contribution in [3.63, 3.8) is 0 Å². The maximum absolute atomic E-state index is 16.7. The van der Waals surface area contributed by atoms with Crippen molar-refractivity contribution >= 4 is 61.0 Å². The summed E-state index contributed by atoms with van der Waals surface area (Å²) in [5.74, 6) is -3.16. The monoisotopic (exact) mass is 814 g/mol. The van der Waals surface area contributed by atoms with Crippen molar-refractivity contribution in [3.8, 4) is 0 Å². The lowest BCUT2D eigenvalue weighted by molar-refractivity contribution is -0.155. The molecule has 6 atom stereocenters. The van der Waals surface area contributed by atoms with Crippen LogP contribution in [0.5, 0.6) is 0 Å². The Balaban J connectivity index is 1.25. The number of hydrogen-bond donors (Lipinski definition) is 1. The van der Waals surface area contributed by atoms with Crippen LogP contribution in [0, 0.1) is 5.92 Å². The van der Waals surface area contributed by atoms with E-state index in [2.05, 4.69) is 0 Å². The molecule has 7 rings (SSSR count). The number of benzene rings is 3. The number of nitrogens with zero attached hydrogens (tertiary/aromatic N) is 4. The lowest BCUT2D eigenvalue weighted by atomic mass is 9.82. The van der Waals surface area contributed by atoms with Crippen molar-refractivity contribution in [2.75, 3.05) is 27.9 Å². The predicted octanol–water partition coefficient (Wildman–Crippen LogP) is 4.67. The molecule has 2 unspecified atom stereocenters. The van der Waals surface area contributed by atoms with Crippen molar-refractivity contribution in [3.05, 3.63) is 89.5 Å². The third kappa shape index (κ3) is 7.39. The van der Waals surface area contributed by atoms with Gasteiger partial charge in [-0.2, -0.15) is 0 Å². The summed E-state index contributed by atoms with van der Waals surface area (Å²) in [6.07, 6.45) is -2.74. The van der Waals surface area contributed by atoms with E-state index in [1.807, 2.05) is 30.3 Å². The number of carbonyl (C=O) groups is 6. The molecule has 16 heteroatoms. The van der Waals surface area contributed by atoms with Gasteiger partial charge in [-0.3, -0.25) is 38.6 Å². The second-order valence-corrected chi connectivity index (χ2v) is 19.6. The van der Waals surface area contributed by atoms with E-state index in [0.29, 0.717) is 28.2 Å². The molecule has 0 bridgehead atoms. The number of rotatable bonds is 13. The van der Waals surface area contributed by atoms with E-state index in [9.17, 15) is 29.1 Å². The number of hydrogen-bond acceptors (Lipinski definition) is 10. The molecule has 3 saturated heterocycles. The average Bonchev–Trinajstić information content (AvgIpc) is 3.57. The molecule has 14 nitrogen and oxygen atoms in total. The molecule has 1 N–H and O–H groups in total. The largest absolute Gasteiger partial charge is 0.441 e. The highest BCUT2D eigenvalue weighted by Crippen LogP contribution is 2.61. The van der Waals surface area contributed by atoms with E-state index in [1.165, 1.54) is 41.6 Å². The van der Waals surface area contributed by atoms with Crippen LogP contribution in [0.3, 0.4) is 0 Å². The molecular weight excluding hydrogens is 768 g/mol. The normalized spacial score (nSPS) is 25.1. The van der Waals surface area contributed by atoms with Gasteiger partial charge in [0.15, 0.2) is 18.1 Å². The van der Waals surface area contributed by atoms with Crippen LogP contribution < -0.4 is 14.7 Å². The van der Waals surface area contributed by atoms with Crippen LogP contribution in [0.2, 0.25) is 18.6 Å². The molecule has 1 spiro atoms. The summed E-state index contributed by atoms with van der Waals surface area (Å²) in [5.41, 5.74) is 0.693. The van der Waals surface area contributed by atoms with Gasteiger partial charge in [-0.05, 0) is 54.6 Å². The number of aliphatic hydroxyl groups excluding tert-OH is 1. The van der Waals surface area contributed by atoms with E-state index < -0.39 is 61.9 Å². The van der Waals surface area contributed by atoms with Gasteiger partial charge in [-0.1, -0.05) is 49.4 Å². The summed E-state index contributed by atoms with van der Waals surface area (Å²) >= 11 is 0. The zero-order chi connectivity index (χ0) is 41.7. The first-order chi connectivity index (χ1) is 27.5.